The van der Waals surface area contributed by atoms with Gasteiger partial charge in [-0.3, -0.25) is 4.79 Å². The number of carbonyl (C=O) groups is 2. The Kier molecular flexibility index (Phi) is 6.26. The lowest BCUT2D eigenvalue weighted by molar-refractivity contribution is -0.129. The molecule has 1 fully saturated rings. The topological polar surface area (TPSA) is 55.8 Å². The third-order valence-electron chi connectivity index (χ3n) is 4.90. The summed E-state index contributed by atoms with van der Waals surface area (Å²) < 4.78 is 11.0. The third-order valence-corrected chi connectivity index (χ3v) is 4.90. The monoisotopic (exact) mass is 395 g/mol. The molecule has 0 unspecified atom stereocenters. The summed E-state index contributed by atoms with van der Waals surface area (Å²) in [6, 6.07) is 17.4. The normalized spacial score (nSPS) is 17.7. The average molecular weight is 395 g/mol. The Morgan fingerprint density at radius 1 is 1.14 bits per heavy atom. The van der Waals surface area contributed by atoms with Crippen LogP contribution in [0.2, 0.25) is 0 Å². The fourth-order valence-corrected chi connectivity index (χ4v) is 3.50. The van der Waals surface area contributed by atoms with Crippen LogP contribution in [0.3, 0.4) is 0 Å². The van der Waals surface area contributed by atoms with Crippen molar-refractivity contribution in [1.29, 1.82) is 0 Å². The molecule has 5 heteroatoms. The van der Waals surface area contributed by atoms with Crippen LogP contribution in [0.4, 0.5) is 4.79 Å². The number of hydrogen-bond acceptors (Lipinski definition) is 4. The summed E-state index contributed by atoms with van der Waals surface area (Å²) in [5.74, 6) is 0.582. The summed E-state index contributed by atoms with van der Waals surface area (Å²) in [5.41, 5.74) is 1.86. The first kappa shape index (κ1) is 20.9. The maximum atomic E-state index is 12.9. The summed E-state index contributed by atoms with van der Waals surface area (Å²) in [6.07, 6.45) is 0.308. The SMILES string of the molecule is C[C@H](CC(=O)N1C(=O)OC[C@@H]1Cc1ccccc1)c1ccc(OC(C)(C)C)cc1. The molecule has 0 aromatic heterocycles. The van der Waals surface area contributed by atoms with E-state index >= 15 is 0 Å². The lowest BCUT2D eigenvalue weighted by Crippen LogP contribution is -2.40. The van der Waals surface area contributed by atoms with E-state index in [9.17, 15) is 9.59 Å². The van der Waals surface area contributed by atoms with Crippen molar-refractivity contribution in [2.45, 2.75) is 58.1 Å². The van der Waals surface area contributed by atoms with Crippen LogP contribution in [0.15, 0.2) is 54.6 Å². The molecule has 2 amide bonds. The molecule has 1 aliphatic rings. The lowest BCUT2D eigenvalue weighted by Gasteiger charge is -2.23. The minimum absolute atomic E-state index is 0.0167. The van der Waals surface area contributed by atoms with Gasteiger partial charge >= 0.3 is 6.09 Å². The van der Waals surface area contributed by atoms with E-state index in [1.54, 1.807) is 0 Å². The van der Waals surface area contributed by atoms with Crippen LogP contribution in [0.5, 0.6) is 5.75 Å². The van der Waals surface area contributed by atoms with Crippen molar-refractivity contribution in [3.63, 3.8) is 0 Å². The van der Waals surface area contributed by atoms with Gasteiger partial charge in [0.25, 0.3) is 0 Å². The number of hydrogen-bond donors (Lipinski definition) is 0. The van der Waals surface area contributed by atoms with Gasteiger partial charge in [0.2, 0.25) is 5.91 Å². The zero-order chi connectivity index (χ0) is 21.0. The Labute approximate surface area is 172 Å². The van der Waals surface area contributed by atoms with Crippen LogP contribution in [0.1, 0.15) is 51.2 Å². The first-order valence-electron chi connectivity index (χ1n) is 10.0. The van der Waals surface area contributed by atoms with Gasteiger partial charge in [0.15, 0.2) is 0 Å². The zero-order valence-electron chi connectivity index (χ0n) is 17.6. The number of ether oxygens (including phenoxy) is 2. The highest BCUT2D eigenvalue weighted by Crippen LogP contribution is 2.26. The Morgan fingerprint density at radius 3 is 2.41 bits per heavy atom. The van der Waals surface area contributed by atoms with Crippen LogP contribution >= 0.6 is 0 Å². The van der Waals surface area contributed by atoms with Crippen molar-refractivity contribution in [1.82, 2.24) is 4.90 Å². The van der Waals surface area contributed by atoms with Gasteiger partial charge in [-0.15, -0.1) is 0 Å². The minimum Gasteiger partial charge on any atom is -0.488 e. The fraction of sp³-hybridized carbons (Fsp3) is 0.417. The smallest absolute Gasteiger partial charge is 0.416 e. The number of amides is 2. The highest BCUT2D eigenvalue weighted by molar-refractivity contribution is 5.93. The molecule has 2 aromatic carbocycles. The molecule has 2 aromatic rings. The maximum absolute atomic E-state index is 12.9. The van der Waals surface area contributed by atoms with Gasteiger partial charge in [0.05, 0.1) is 6.04 Å². The second kappa shape index (κ2) is 8.68. The lowest BCUT2D eigenvalue weighted by atomic mass is 9.96. The second-order valence-electron chi connectivity index (χ2n) is 8.57. The molecule has 154 valence electrons. The van der Waals surface area contributed by atoms with Crippen LogP contribution < -0.4 is 4.74 Å². The van der Waals surface area contributed by atoms with Gasteiger partial charge in [0, 0.05) is 6.42 Å². The summed E-state index contributed by atoms with van der Waals surface area (Å²) in [4.78, 5) is 26.4. The molecule has 0 saturated carbocycles. The fourth-order valence-electron chi connectivity index (χ4n) is 3.50. The molecule has 5 nitrogen and oxygen atoms in total. The van der Waals surface area contributed by atoms with Gasteiger partial charge in [0.1, 0.15) is 18.0 Å². The summed E-state index contributed by atoms with van der Waals surface area (Å²) >= 11 is 0. The van der Waals surface area contributed by atoms with Gasteiger partial charge < -0.3 is 9.47 Å². The number of rotatable bonds is 6. The molecular formula is C24H29NO4. The number of nitrogens with zero attached hydrogens (tertiary/aromatic N) is 1. The quantitative estimate of drug-likeness (QED) is 0.695. The van der Waals surface area contributed by atoms with Gasteiger partial charge in [-0.05, 0) is 56.4 Å². The van der Waals surface area contributed by atoms with Gasteiger partial charge in [-0.1, -0.05) is 49.4 Å². The number of carbonyl (C=O) groups excluding carboxylic acids is 2. The Hall–Kier alpha value is -2.82. The molecule has 29 heavy (non-hydrogen) atoms. The molecule has 0 bridgehead atoms. The van der Waals surface area contributed by atoms with Gasteiger partial charge in [-0.25, -0.2) is 9.69 Å². The second-order valence-corrected chi connectivity index (χ2v) is 8.57. The van der Waals surface area contributed by atoms with Crippen molar-refractivity contribution >= 4 is 12.0 Å². The van der Waals surface area contributed by atoms with E-state index < -0.39 is 6.09 Å². The van der Waals surface area contributed by atoms with E-state index in [1.165, 1.54) is 4.90 Å². The largest absolute Gasteiger partial charge is 0.488 e. The number of imide groups is 1. The van der Waals surface area contributed by atoms with Crippen molar-refractivity contribution < 1.29 is 19.1 Å². The zero-order valence-corrected chi connectivity index (χ0v) is 17.6. The van der Waals surface area contributed by atoms with Crippen molar-refractivity contribution in [2.75, 3.05) is 6.61 Å². The maximum Gasteiger partial charge on any atom is 0.416 e. The van der Waals surface area contributed by atoms with E-state index in [1.807, 2.05) is 82.3 Å². The van der Waals surface area contributed by atoms with Crippen molar-refractivity contribution in [2.24, 2.45) is 0 Å². The summed E-state index contributed by atoms with van der Waals surface area (Å²) in [6.45, 7) is 8.24. The van der Waals surface area contributed by atoms with E-state index in [2.05, 4.69) is 0 Å². The van der Waals surface area contributed by atoms with Crippen molar-refractivity contribution in [3.8, 4) is 5.75 Å². The highest BCUT2D eigenvalue weighted by Gasteiger charge is 2.38. The molecule has 1 saturated heterocycles. The van der Waals surface area contributed by atoms with E-state index in [0.717, 1.165) is 16.9 Å². The summed E-state index contributed by atoms with van der Waals surface area (Å²) in [7, 11) is 0. The number of cyclic esters (lactones) is 1. The van der Waals surface area contributed by atoms with Crippen LogP contribution in [-0.2, 0) is 16.0 Å². The van der Waals surface area contributed by atoms with E-state index in [-0.39, 0.29) is 36.5 Å². The third kappa shape index (κ3) is 5.59. The average Bonchev–Trinajstić information content (AvgIpc) is 3.02. The standard InChI is InChI=1S/C24H29NO4/c1-17(19-10-12-21(13-11-19)29-24(2,3)4)14-22(26)25-20(16-28-23(25)27)15-18-8-6-5-7-9-18/h5-13,17,20H,14-16H2,1-4H3/t17-,20+/m1/s1. The molecule has 0 radical (unpaired) electrons. The Balaban J connectivity index is 1.64. The molecule has 1 aliphatic heterocycles. The molecule has 0 spiro atoms. The molecule has 2 atom stereocenters. The highest BCUT2D eigenvalue weighted by atomic mass is 16.6. The van der Waals surface area contributed by atoms with Crippen LogP contribution in [0.25, 0.3) is 0 Å². The minimum atomic E-state index is -0.544. The van der Waals surface area contributed by atoms with E-state index in [0.29, 0.717) is 6.42 Å². The first-order chi connectivity index (χ1) is 13.7. The summed E-state index contributed by atoms with van der Waals surface area (Å²) in [5, 5.41) is 0. The molecule has 0 N–H and O–H groups in total. The Morgan fingerprint density at radius 2 is 1.79 bits per heavy atom. The molecular weight excluding hydrogens is 366 g/mol. The van der Waals surface area contributed by atoms with Crippen LogP contribution in [-0.4, -0.2) is 35.2 Å². The predicted molar refractivity (Wildman–Crippen MR) is 112 cm³/mol. The van der Waals surface area contributed by atoms with E-state index in [4.69, 9.17) is 9.47 Å². The molecule has 0 aliphatic carbocycles. The predicted octanol–water partition coefficient (Wildman–Crippen LogP) is 4.95. The Bertz CT molecular complexity index is 839. The van der Waals surface area contributed by atoms with Crippen LogP contribution in [0, 0.1) is 0 Å². The molecule has 1 heterocycles. The number of benzene rings is 2. The van der Waals surface area contributed by atoms with Crippen molar-refractivity contribution in [3.05, 3.63) is 65.7 Å². The first-order valence-corrected chi connectivity index (χ1v) is 10.0. The molecule has 3 rings (SSSR count). The van der Waals surface area contributed by atoms with Gasteiger partial charge in [-0.2, -0.15) is 0 Å².